The van der Waals surface area contributed by atoms with E-state index in [-0.39, 0.29) is 0 Å². The van der Waals surface area contributed by atoms with Gasteiger partial charge >= 0.3 is 0 Å². The van der Waals surface area contributed by atoms with Crippen LogP contribution < -0.4 is 0 Å². The molecule has 1 nitrogen and oxygen atoms in total. The number of hydrogen-bond donors (Lipinski definition) is 0. The van der Waals surface area contributed by atoms with Crippen molar-refractivity contribution in [3.05, 3.63) is 0 Å². The fourth-order valence-corrected chi connectivity index (χ4v) is 2.50. The highest BCUT2D eigenvalue weighted by Crippen LogP contribution is 2.29. The fourth-order valence-electron chi connectivity index (χ4n) is 1.71. The van der Waals surface area contributed by atoms with Gasteiger partial charge in [0.05, 0.1) is 6.10 Å². The summed E-state index contributed by atoms with van der Waals surface area (Å²) in [6, 6.07) is 0. The Hall–Kier alpha value is 0.440. The summed E-state index contributed by atoms with van der Waals surface area (Å²) in [7, 11) is 1.81. The van der Waals surface area contributed by atoms with E-state index in [0.717, 1.165) is 11.2 Å². The molecule has 0 aromatic heterocycles. The van der Waals surface area contributed by atoms with Crippen LogP contribution >= 0.6 is 15.9 Å². The maximum absolute atomic E-state index is 5.34. The lowest BCUT2D eigenvalue weighted by Crippen LogP contribution is -2.21. The summed E-state index contributed by atoms with van der Waals surface area (Å²) in [6.07, 6.45) is 5.99. The van der Waals surface area contributed by atoms with Crippen LogP contribution in [0, 0.1) is 5.92 Å². The second kappa shape index (κ2) is 4.35. The highest BCUT2D eigenvalue weighted by atomic mass is 79.9. The molecule has 0 spiro atoms. The van der Waals surface area contributed by atoms with Gasteiger partial charge in [0.15, 0.2) is 0 Å². The molecule has 10 heavy (non-hydrogen) atoms. The van der Waals surface area contributed by atoms with Crippen molar-refractivity contribution in [2.24, 2.45) is 5.92 Å². The number of alkyl halides is 1. The standard InChI is InChI=1S/C8H15BrO/c1-10-8(6-9)7-4-2-3-5-7/h7-8H,2-6H2,1H3/t8-/m0/s1. The average Bonchev–Trinajstić information content (AvgIpc) is 2.43. The maximum Gasteiger partial charge on any atom is 0.0696 e. The molecule has 0 unspecified atom stereocenters. The molecule has 1 aliphatic carbocycles. The smallest absolute Gasteiger partial charge is 0.0696 e. The Bertz CT molecular complexity index is 85.3. The van der Waals surface area contributed by atoms with Gasteiger partial charge in [-0.25, -0.2) is 0 Å². The summed E-state index contributed by atoms with van der Waals surface area (Å²) in [6.45, 7) is 0. The number of rotatable bonds is 3. The molecule has 1 aliphatic rings. The summed E-state index contributed by atoms with van der Waals surface area (Å²) in [5.74, 6) is 0.823. The van der Waals surface area contributed by atoms with E-state index in [2.05, 4.69) is 15.9 Å². The minimum Gasteiger partial charge on any atom is -0.380 e. The molecule has 0 heterocycles. The maximum atomic E-state index is 5.34. The zero-order chi connectivity index (χ0) is 7.40. The van der Waals surface area contributed by atoms with Gasteiger partial charge in [0.2, 0.25) is 0 Å². The topological polar surface area (TPSA) is 9.23 Å². The lowest BCUT2D eigenvalue weighted by molar-refractivity contribution is 0.0741. The summed E-state index contributed by atoms with van der Waals surface area (Å²) >= 11 is 3.46. The molecule has 0 aromatic rings. The first-order valence-electron chi connectivity index (χ1n) is 3.97. The van der Waals surface area contributed by atoms with Crippen LogP contribution in [0.4, 0.5) is 0 Å². The first-order chi connectivity index (χ1) is 4.88. The van der Waals surface area contributed by atoms with E-state index < -0.39 is 0 Å². The van der Waals surface area contributed by atoms with Crippen molar-refractivity contribution in [2.75, 3.05) is 12.4 Å². The van der Waals surface area contributed by atoms with Crippen molar-refractivity contribution in [2.45, 2.75) is 31.8 Å². The van der Waals surface area contributed by atoms with E-state index in [4.69, 9.17) is 4.74 Å². The first kappa shape index (κ1) is 8.54. The number of hydrogen-bond acceptors (Lipinski definition) is 1. The third kappa shape index (κ3) is 1.96. The monoisotopic (exact) mass is 206 g/mol. The van der Waals surface area contributed by atoms with Crippen LogP contribution in [-0.4, -0.2) is 18.5 Å². The molecule has 1 fully saturated rings. The Morgan fingerprint density at radius 1 is 1.50 bits per heavy atom. The molecular weight excluding hydrogens is 192 g/mol. The van der Waals surface area contributed by atoms with Crippen LogP contribution in [0.5, 0.6) is 0 Å². The Morgan fingerprint density at radius 3 is 2.50 bits per heavy atom. The fraction of sp³-hybridized carbons (Fsp3) is 1.00. The second-order valence-electron chi connectivity index (χ2n) is 2.97. The van der Waals surface area contributed by atoms with Crippen LogP contribution in [0.3, 0.4) is 0 Å². The van der Waals surface area contributed by atoms with Gasteiger partial charge < -0.3 is 4.74 Å². The lowest BCUT2D eigenvalue weighted by atomic mass is 10.0. The van der Waals surface area contributed by atoms with E-state index in [0.29, 0.717) is 6.10 Å². The summed E-state index contributed by atoms with van der Waals surface area (Å²) in [5.41, 5.74) is 0. The molecule has 0 aliphatic heterocycles. The van der Waals surface area contributed by atoms with Crippen molar-refractivity contribution >= 4 is 15.9 Å². The third-order valence-electron chi connectivity index (χ3n) is 2.38. The third-order valence-corrected chi connectivity index (χ3v) is 3.02. The SMILES string of the molecule is CO[C@@H](CBr)C1CCCC1. The lowest BCUT2D eigenvalue weighted by Gasteiger charge is -2.18. The Balaban J connectivity index is 2.29. The molecular formula is C8H15BrO. The van der Waals surface area contributed by atoms with Gasteiger partial charge in [-0.1, -0.05) is 28.8 Å². The Labute approximate surface area is 71.3 Å². The van der Waals surface area contributed by atoms with Crippen molar-refractivity contribution in [1.29, 1.82) is 0 Å². The summed E-state index contributed by atoms with van der Waals surface area (Å²) in [4.78, 5) is 0. The number of methoxy groups -OCH3 is 1. The molecule has 60 valence electrons. The molecule has 0 saturated heterocycles. The Morgan fingerprint density at radius 2 is 2.10 bits per heavy atom. The molecule has 1 atom stereocenters. The van der Waals surface area contributed by atoms with Gasteiger partial charge in [0.25, 0.3) is 0 Å². The van der Waals surface area contributed by atoms with Crippen molar-refractivity contribution in [3.63, 3.8) is 0 Å². The minimum atomic E-state index is 0.461. The van der Waals surface area contributed by atoms with E-state index >= 15 is 0 Å². The summed E-state index contributed by atoms with van der Waals surface area (Å²) in [5, 5.41) is 0.994. The van der Waals surface area contributed by atoms with Gasteiger partial charge in [-0.15, -0.1) is 0 Å². The van der Waals surface area contributed by atoms with Crippen LogP contribution in [0.1, 0.15) is 25.7 Å². The minimum absolute atomic E-state index is 0.461. The van der Waals surface area contributed by atoms with Crippen LogP contribution in [-0.2, 0) is 4.74 Å². The van der Waals surface area contributed by atoms with Gasteiger partial charge in [-0.3, -0.25) is 0 Å². The highest BCUT2D eigenvalue weighted by molar-refractivity contribution is 9.09. The first-order valence-corrected chi connectivity index (χ1v) is 5.09. The van der Waals surface area contributed by atoms with Crippen LogP contribution in [0.2, 0.25) is 0 Å². The molecule has 0 radical (unpaired) electrons. The van der Waals surface area contributed by atoms with Gasteiger partial charge in [0.1, 0.15) is 0 Å². The van der Waals surface area contributed by atoms with Crippen molar-refractivity contribution in [1.82, 2.24) is 0 Å². The van der Waals surface area contributed by atoms with E-state index in [1.807, 2.05) is 7.11 Å². The van der Waals surface area contributed by atoms with Gasteiger partial charge in [-0.05, 0) is 18.8 Å². The quantitative estimate of drug-likeness (QED) is 0.646. The molecule has 1 rings (SSSR count). The van der Waals surface area contributed by atoms with Crippen molar-refractivity contribution < 1.29 is 4.74 Å². The molecule has 0 aromatic carbocycles. The highest BCUT2D eigenvalue weighted by Gasteiger charge is 2.23. The predicted molar refractivity (Wildman–Crippen MR) is 46.5 cm³/mol. The second-order valence-corrected chi connectivity index (χ2v) is 3.62. The molecule has 0 N–H and O–H groups in total. The van der Waals surface area contributed by atoms with Gasteiger partial charge in [0, 0.05) is 12.4 Å². The molecule has 0 bridgehead atoms. The van der Waals surface area contributed by atoms with E-state index in [9.17, 15) is 0 Å². The summed E-state index contributed by atoms with van der Waals surface area (Å²) < 4.78 is 5.34. The molecule has 2 heteroatoms. The Kier molecular flexibility index (Phi) is 3.71. The van der Waals surface area contributed by atoms with Crippen LogP contribution in [0.25, 0.3) is 0 Å². The van der Waals surface area contributed by atoms with Crippen molar-refractivity contribution in [3.8, 4) is 0 Å². The van der Waals surface area contributed by atoms with E-state index in [1.165, 1.54) is 25.7 Å². The number of halogens is 1. The predicted octanol–water partition coefficient (Wildman–Crippen LogP) is 2.59. The zero-order valence-corrected chi connectivity index (χ0v) is 8.06. The average molecular weight is 207 g/mol. The van der Waals surface area contributed by atoms with E-state index in [1.54, 1.807) is 0 Å². The molecule has 1 saturated carbocycles. The zero-order valence-electron chi connectivity index (χ0n) is 6.48. The largest absolute Gasteiger partial charge is 0.380 e. The van der Waals surface area contributed by atoms with Gasteiger partial charge in [-0.2, -0.15) is 0 Å². The number of ether oxygens (including phenoxy) is 1. The molecule has 0 amide bonds. The van der Waals surface area contributed by atoms with Crippen LogP contribution in [0.15, 0.2) is 0 Å². The normalized spacial score (nSPS) is 23.4.